The van der Waals surface area contributed by atoms with Gasteiger partial charge in [-0.05, 0) is 18.6 Å². The van der Waals surface area contributed by atoms with Gasteiger partial charge in [-0.1, -0.05) is 28.9 Å². The molecule has 2 aromatic rings. The molecule has 0 amide bonds. The van der Waals surface area contributed by atoms with E-state index < -0.39 is 6.04 Å². The third kappa shape index (κ3) is 2.86. The summed E-state index contributed by atoms with van der Waals surface area (Å²) >= 11 is 3.37. The number of aromatic nitrogens is 2. The highest BCUT2D eigenvalue weighted by Crippen LogP contribution is 2.29. The van der Waals surface area contributed by atoms with Crippen molar-refractivity contribution < 1.29 is 4.39 Å². The molecule has 6 heteroatoms. The van der Waals surface area contributed by atoms with E-state index in [0.29, 0.717) is 15.9 Å². The third-order valence-electron chi connectivity index (χ3n) is 2.93. The van der Waals surface area contributed by atoms with Crippen LogP contribution < -0.4 is 11.3 Å². The van der Waals surface area contributed by atoms with E-state index in [2.05, 4.69) is 33.3 Å². The highest BCUT2D eigenvalue weighted by Gasteiger charge is 2.23. The Morgan fingerprint density at radius 2 is 2.32 bits per heavy atom. The van der Waals surface area contributed by atoms with Crippen LogP contribution in [0.5, 0.6) is 0 Å². The van der Waals surface area contributed by atoms with Crippen LogP contribution in [0.2, 0.25) is 0 Å². The molecule has 102 valence electrons. The number of hydrogen-bond donors (Lipinski definition) is 2. The van der Waals surface area contributed by atoms with E-state index in [1.165, 1.54) is 6.07 Å². The average Bonchev–Trinajstić information content (AvgIpc) is 2.83. The van der Waals surface area contributed by atoms with Crippen molar-refractivity contribution in [3.05, 3.63) is 52.3 Å². The second-order valence-corrected chi connectivity index (χ2v) is 5.07. The number of rotatable bonds is 5. The fourth-order valence-corrected chi connectivity index (χ4v) is 2.66. The van der Waals surface area contributed by atoms with Crippen molar-refractivity contribution in [3.8, 4) is 0 Å². The minimum atomic E-state index is -0.489. The maximum absolute atomic E-state index is 14.0. The summed E-state index contributed by atoms with van der Waals surface area (Å²) in [7, 11) is 0. The summed E-state index contributed by atoms with van der Waals surface area (Å²) in [6.45, 7) is 2.90. The summed E-state index contributed by atoms with van der Waals surface area (Å²) in [6.07, 6.45) is 4.54. The number of hydrogen-bond acceptors (Lipinski definition) is 3. The molecule has 4 nitrogen and oxygen atoms in total. The summed E-state index contributed by atoms with van der Waals surface area (Å²) < 4.78 is 16.7. The average molecular weight is 327 g/mol. The highest BCUT2D eigenvalue weighted by molar-refractivity contribution is 9.10. The fraction of sp³-hybridized carbons (Fsp3) is 0.308. The maximum Gasteiger partial charge on any atom is 0.131 e. The van der Waals surface area contributed by atoms with Crippen LogP contribution in [-0.2, 0) is 6.54 Å². The van der Waals surface area contributed by atoms with Crippen LogP contribution in [-0.4, -0.2) is 9.55 Å². The quantitative estimate of drug-likeness (QED) is 0.656. The molecule has 0 aliphatic heterocycles. The molecule has 1 unspecified atom stereocenters. The lowest BCUT2D eigenvalue weighted by Crippen LogP contribution is -2.32. The summed E-state index contributed by atoms with van der Waals surface area (Å²) in [6, 6.07) is 4.36. The molecule has 1 aromatic carbocycles. The molecule has 0 saturated heterocycles. The first-order chi connectivity index (χ1) is 9.19. The smallest absolute Gasteiger partial charge is 0.131 e. The molecule has 19 heavy (non-hydrogen) atoms. The Hall–Kier alpha value is -1.24. The predicted molar refractivity (Wildman–Crippen MR) is 75.8 cm³/mol. The van der Waals surface area contributed by atoms with Gasteiger partial charge in [0.05, 0.1) is 0 Å². The monoisotopic (exact) mass is 326 g/mol. The lowest BCUT2D eigenvalue weighted by atomic mass is 10.1. The van der Waals surface area contributed by atoms with E-state index in [9.17, 15) is 4.39 Å². The number of hydrazine groups is 1. The fourth-order valence-electron chi connectivity index (χ4n) is 2.08. The van der Waals surface area contributed by atoms with Gasteiger partial charge < -0.3 is 4.57 Å². The largest absolute Gasteiger partial charge is 0.333 e. The van der Waals surface area contributed by atoms with Crippen LogP contribution in [0.25, 0.3) is 0 Å². The van der Waals surface area contributed by atoms with Gasteiger partial charge in [0.2, 0.25) is 0 Å². The van der Waals surface area contributed by atoms with E-state index >= 15 is 0 Å². The molecule has 0 saturated carbocycles. The molecule has 0 bridgehead atoms. The number of aryl methyl sites for hydroxylation is 1. The second-order valence-electron chi connectivity index (χ2n) is 4.21. The zero-order chi connectivity index (χ0) is 13.8. The van der Waals surface area contributed by atoms with Crippen LogP contribution in [0.15, 0.2) is 35.1 Å². The van der Waals surface area contributed by atoms with Gasteiger partial charge in [0, 0.05) is 29.0 Å². The Kier molecular flexibility index (Phi) is 4.68. The molecule has 0 fully saturated rings. The third-order valence-corrected chi connectivity index (χ3v) is 3.62. The Labute approximate surface area is 119 Å². The van der Waals surface area contributed by atoms with E-state index in [1.807, 2.05) is 10.8 Å². The molecular formula is C13H16BrFN4. The molecule has 1 aromatic heterocycles. The first kappa shape index (κ1) is 14.2. The predicted octanol–water partition coefficient (Wildman–Crippen LogP) is 2.75. The van der Waals surface area contributed by atoms with E-state index in [1.54, 1.807) is 18.3 Å². The molecule has 2 rings (SSSR count). The van der Waals surface area contributed by atoms with Gasteiger partial charge in [-0.25, -0.2) is 14.8 Å². The molecule has 1 heterocycles. The summed E-state index contributed by atoms with van der Waals surface area (Å²) in [5.41, 5.74) is 3.11. The number of nitrogens with zero attached hydrogens (tertiary/aromatic N) is 2. The molecular weight excluding hydrogens is 311 g/mol. The lowest BCUT2D eigenvalue weighted by Gasteiger charge is -2.19. The van der Waals surface area contributed by atoms with Gasteiger partial charge in [0.15, 0.2) is 0 Å². The number of benzene rings is 1. The molecule has 0 aliphatic carbocycles. The van der Waals surface area contributed by atoms with Gasteiger partial charge in [0.25, 0.3) is 0 Å². The first-order valence-electron chi connectivity index (χ1n) is 6.10. The zero-order valence-electron chi connectivity index (χ0n) is 10.6. The van der Waals surface area contributed by atoms with Crippen molar-refractivity contribution in [2.24, 2.45) is 5.84 Å². The zero-order valence-corrected chi connectivity index (χ0v) is 12.2. The van der Waals surface area contributed by atoms with Crippen molar-refractivity contribution in [2.45, 2.75) is 25.9 Å². The molecule has 3 N–H and O–H groups in total. The van der Waals surface area contributed by atoms with Crippen molar-refractivity contribution in [1.29, 1.82) is 0 Å². The van der Waals surface area contributed by atoms with Gasteiger partial charge in [-0.15, -0.1) is 0 Å². The number of nitrogens with one attached hydrogen (secondary N) is 1. The number of imidazole rings is 1. The van der Waals surface area contributed by atoms with Crippen molar-refractivity contribution in [3.63, 3.8) is 0 Å². The van der Waals surface area contributed by atoms with Gasteiger partial charge in [-0.3, -0.25) is 5.84 Å². The molecule has 0 spiro atoms. The Morgan fingerprint density at radius 3 is 2.95 bits per heavy atom. The van der Waals surface area contributed by atoms with E-state index in [-0.39, 0.29) is 5.82 Å². The highest BCUT2D eigenvalue weighted by atomic mass is 79.9. The van der Waals surface area contributed by atoms with Crippen molar-refractivity contribution in [2.75, 3.05) is 0 Å². The summed E-state index contributed by atoms with van der Waals surface area (Å²) in [5.74, 6) is 6.00. The first-order valence-corrected chi connectivity index (χ1v) is 6.89. The van der Waals surface area contributed by atoms with Gasteiger partial charge in [0.1, 0.15) is 17.7 Å². The minimum Gasteiger partial charge on any atom is -0.333 e. The SMILES string of the molecule is CCCn1ccnc1C(NN)c1c(F)cccc1Br. The van der Waals surface area contributed by atoms with Gasteiger partial charge in [-0.2, -0.15) is 0 Å². The van der Waals surface area contributed by atoms with E-state index in [0.717, 1.165) is 13.0 Å². The number of nitrogens with two attached hydrogens (primary N) is 1. The summed E-state index contributed by atoms with van der Waals surface area (Å²) in [4.78, 5) is 4.30. The normalized spacial score (nSPS) is 12.6. The minimum absolute atomic E-state index is 0.316. The van der Waals surface area contributed by atoms with Crippen LogP contribution in [0.1, 0.15) is 30.8 Å². The van der Waals surface area contributed by atoms with Crippen molar-refractivity contribution in [1.82, 2.24) is 15.0 Å². The van der Waals surface area contributed by atoms with Crippen LogP contribution in [0, 0.1) is 5.82 Å². The molecule has 0 aliphatic rings. The van der Waals surface area contributed by atoms with Crippen LogP contribution >= 0.6 is 15.9 Å². The van der Waals surface area contributed by atoms with E-state index in [4.69, 9.17) is 5.84 Å². The molecule has 0 radical (unpaired) electrons. The number of halogens is 2. The summed E-state index contributed by atoms with van der Waals surface area (Å²) in [5, 5.41) is 0. The van der Waals surface area contributed by atoms with Crippen LogP contribution in [0.3, 0.4) is 0 Å². The Bertz CT molecular complexity index is 535. The topological polar surface area (TPSA) is 55.9 Å². The standard InChI is InChI=1S/C13H16BrFN4/c1-2-7-19-8-6-17-13(19)12(18-16)11-9(14)4-3-5-10(11)15/h3-6,8,12,18H,2,7,16H2,1H3. The van der Waals surface area contributed by atoms with Crippen molar-refractivity contribution >= 4 is 15.9 Å². The second kappa shape index (κ2) is 6.27. The Morgan fingerprint density at radius 1 is 1.53 bits per heavy atom. The maximum atomic E-state index is 14.0. The lowest BCUT2D eigenvalue weighted by molar-refractivity contribution is 0.513. The molecule has 1 atom stereocenters. The van der Waals surface area contributed by atoms with Crippen LogP contribution in [0.4, 0.5) is 4.39 Å². The Balaban J connectivity index is 2.47. The van der Waals surface area contributed by atoms with Gasteiger partial charge >= 0.3 is 0 Å².